The minimum atomic E-state index is -0.370. The number of rotatable bonds is 6. The Balaban J connectivity index is 1.11. The normalized spacial score (nSPS) is 19.5. The average Bonchev–Trinajstić information content (AvgIpc) is 3.26. The number of ether oxygens (including phenoxy) is 1. The number of H-pyrrole nitrogens is 1. The molecule has 2 amide bonds. The highest BCUT2D eigenvalue weighted by Crippen LogP contribution is 2.35. The van der Waals surface area contributed by atoms with Crippen molar-refractivity contribution in [2.45, 2.75) is 56.6 Å². The molecule has 3 aromatic rings. The number of carbonyl (C=O) groups excluding carboxylic acids is 2. The summed E-state index contributed by atoms with van der Waals surface area (Å²) < 4.78 is 33.7. The van der Waals surface area contributed by atoms with Crippen molar-refractivity contribution in [3.63, 3.8) is 0 Å². The third-order valence-electron chi connectivity index (χ3n) is 7.53. The summed E-state index contributed by atoms with van der Waals surface area (Å²) in [6.07, 6.45) is 5.63. The minimum Gasteiger partial charge on any atom is -0.375 e. The zero-order valence-electron chi connectivity index (χ0n) is 20.2. The fraction of sp³-hybridized carbons (Fsp3) is 0.429. The summed E-state index contributed by atoms with van der Waals surface area (Å²) in [7, 11) is 0. The van der Waals surface area contributed by atoms with Crippen molar-refractivity contribution in [3.8, 4) is 0 Å². The van der Waals surface area contributed by atoms with Gasteiger partial charge in [-0.05, 0) is 67.5 Å². The van der Waals surface area contributed by atoms with Crippen molar-refractivity contribution in [3.05, 3.63) is 71.4 Å². The van der Waals surface area contributed by atoms with Gasteiger partial charge in [-0.25, -0.2) is 8.78 Å². The van der Waals surface area contributed by atoms with Gasteiger partial charge in [0.25, 0.3) is 0 Å². The molecule has 5 rings (SSSR count). The molecule has 2 aromatic carbocycles. The maximum Gasteiger partial charge on any atom is 0.224 e. The summed E-state index contributed by atoms with van der Waals surface area (Å²) in [5.74, 6) is -0.761. The van der Waals surface area contributed by atoms with Gasteiger partial charge < -0.3 is 19.9 Å². The number of hydrogen-bond donors (Lipinski definition) is 2. The zero-order valence-corrected chi connectivity index (χ0v) is 20.2. The fourth-order valence-corrected chi connectivity index (χ4v) is 5.51. The average molecular weight is 496 g/mol. The van der Waals surface area contributed by atoms with Crippen LogP contribution in [0.2, 0.25) is 0 Å². The van der Waals surface area contributed by atoms with Gasteiger partial charge in [-0.1, -0.05) is 18.2 Å². The topological polar surface area (TPSA) is 74.4 Å². The molecular weight excluding hydrogens is 464 g/mol. The lowest BCUT2D eigenvalue weighted by molar-refractivity contribution is -0.145. The molecule has 8 heteroatoms. The zero-order chi connectivity index (χ0) is 25.1. The van der Waals surface area contributed by atoms with E-state index in [-0.39, 0.29) is 41.5 Å². The summed E-state index contributed by atoms with van der Waals surface area (Å²) >= 11 is 0. The molecule has 0 aliphatic carbocycles. The molecule has 1 atom stereocenters. The van der Waals surface area contributed by atoms with Crippen molar-refractivity contribution >= 4 is 22.7 Å². The van der Waals surface area contributed by atoms with Gasteiger partial charge in [0.05, 0.1) is 12.0 Å². The van der Waals surface area contributed by atoms with Gasteiger partial charge >= 0.3 is 0 Å². The van der Waals surface area contributed by atoms with E-state index < -0.39 is 0 Å². The van der Waals surface area contributed by atoms with Crippen LogP contribution < -0.4 is 5.32 Å². The van der Waals surface area contributed by atoms with Gasteiger partial charge in [0.15, 0.2) is 0 Å². The molecular formula is C28H31F2N3O3. The number of nitrogens with zero attached hydrogens (tertiary/aromatic N) is 1. The number of carbonyl (C=O) groups is 2. The number of likely N-dealkylation sites (tertiary alicyclic amines) is 1. The molecule has 0 radical (unpaired) electrons. The second kappa shape index (κ2) is 10.4. The quantitative estimate of drug-likeness (QED) is 0.536. The van der Waals surface area contributed by atoms with Crippen molar-refractivity contribution in [1.82, 2.24) is 15.2 Å². The molecule has 190 valence electrons. The molecule has 2 saturated heterocycles. The highest BCUT2D eigenvalue weighted by atomic mass is 19.1. The number of piperidine rings is 1. The van der Waals surface area contributed by atoms with E-state index in [2.05, 4.69) is 10.3 Å². The molecule has 0 saturated carbocycles. The van der Waals surface area contributed by atoms with Crippen molar-refractivity contribution in [2.24, 2.45) is 0 Å². The maximum absolute atomic E-state index is 13.9. The Labute approximate surface area is 209 Å². The Morgan fingerprint density at radius 2 is 1.92 bits per heavy atom. The third-order valence-corrected chi connectivity index (χ3v) is 7.53. The van der Waals surface area contributed by atoms with E-state index in [0.29, 0.717) is 44.5 Å². The monoisotopic (exact) mass is 495 g/mol. The Kier molecular flexibility index (Phi) is 7.05. The van der Waals surface area contributed by atoms with E-state index in [1.165, 1.54) is 18.2 Å². The lowest BCUT2D eigenvalue weighted by Gasteiger charge is -2.46. The van der Waals surface area contributed by atoms with Gasteiger partial charge in [-0.15, -0.1) is 0 Å². The summed E-state index contributed by atoms with van der Waals surface area (Å²) in [5, 5.41) is 3.88. The number of nitrogens with one attached hydrogen (secondary N) is 2. The van der Waals surface area contributed by atoms with Gasteiger partial charge in [0, 0.05) is 49.3 Å². The molecule has 6 nitrogen and oxygen atoms in total. The Morgan fingerprint density at radius 3 is 2.72 bits per heavy atom. The van der Waals surface area contributed by atoms with Gasteiger partial charge in [-0.2, -0.15) is 0 Å². The van der Waals surface area contributed by atoms with Gasteiger partial charge in [-0.3, -0.25) is 9.59 Å². The first-order chi connectivity index (χ1) is 17.4. The lowest BCUT2D eigenvalue weighted by Crippen LogP contribution is -2.54. The summed E-state index contributed by atoms with van der Waals surface area (Å²) in [6, 6.07) is 10.9. The van der Waals surface area contributed by atoms with Crippen LogP contribution in [0.3, 0.4) is 0 Å². The van der Waals surface area contributed by atoms with E-state index in [1.807, 2.05) is 11.1 Å². The van der Waals surface area contributed by atoms with Crippen LogP contribution in [0, 0.1) is 11.6 Å². The molecule has 0 bridgehead atoms. The number of benzene rings is 2. The molecule has 3 heterocycles. The minimum absolute atomic E-state index is 0.0163. The molecule has 36 heavy (non-hydrogen) atoms. The molecule has 2 N–H and O–H groups in total. The Hall–Kier alpha value is -3.26. The van der Waals surface area contributed by atoms with Crippen LogP contribution in [0.4, 0.5) is 8.78 Å². The second-order valence-electron chi connectivity index (χ2n) is 9.94. The van der Waals surface area contributed by atoms with Crippen molar-refractivity contribution < 1.29 is 23.1 Å². The third kappa shape index (κ3) is 5.43. The van der Waals surface area contributed by atoms with Crippen LogP contribution in [0.1, 0.15) is 43.2 Å². The predicted molar refractivity (Wildman–Crippen MR) is 132 cm³/mol. The number of amides is 2. The van der Waals surface area contributed by atoms with Gasteiger partial charge in [0.1, 0.15) is 11.6 Å². The van der Waals surface area contributed by atoms with Crippen LogP contribution in [0.15, 0.2) is 48.7 Å². The van der Waals surface area contributed by atoms with Crippen molar-refractivity contribution in [1.29, 1.82) is 0 Å². The first-order valence-corrected chi connectivity index (χ1v) is 12.6. The highest BCUT2D eigenvalue weighted by Gasteiger charge is 2.41. The molecule has 0 unspecified atom stereocenters. The smallest absolute Gasteiger partial charge is 0.224 e. The maximum atomic E-state index is 13.9. The van der Waals surface area contributed by atoms with Crippen LogP contribution in [0.5, 0.6) is 0 Å². The SMILES string of the molecule is O=C(Cc1ccccc1F)N[C@@H]1CCOC2(CCN(C(=O)CCc3c[nH]c4ccc(F)cc34)CC2)C1. The van der Waals surface area contributed by atoms with E-state index in [1.54, 1.807) is 24.3 Å². The van der Waals surface area contributed by atoms with Crippen LogP contribution in [-0.2, 0) is 27.2 Å². The largest absolute Gasteiger partial charge is 0.375 e. The van der Waals surface area contributed by atoms with E-state index in [9.17, 15) is 18.4 Å². The number of halogens is 2. The number of fused-ring (bicyclic) bond motifs is 1. The second-order valence-corrected chi connectivity index (χ2v) is 9.94. The molecule has 1 spiro atoms. The van der Waals surface area contributed by atoms with Gasteiger partial charge in [0.2, 0.25) is 11.8 Å². The number of aryl methyl sites for hydroxylation is 1. The van der Waals surface area contributed by atoms with E-state index in [0.717, 1.165) is 35.7 Å². The first kappa shape index (κ1) is 24.4. The predicted octanol–water partition coefficient (Wildman–Crippen LogP) is 4.28. The lowest BCUT2D eigenvalue weighted by atomic mass is 9.82. The van der Waals surface area contributed by atoms with E-state index in [4.69, 9.17) is 4.74 Å². The number of aromatic amines is 1. The summed E-state index contributed by atoms with van der Waals surface area (Å²) in [6.45, 7) is 1.77. The molecule has 2 fully saturated rings. The summed E-state index contributed by atoms with van der Waals surface area (Å²) in [4.78, 5) is 30.4. The number of aromatic nitrogens is 1. The van der Waals surface area contributed by atoms with Crippen LogP contribution >= 0.6 is 0 Å². The van der Waals surface area contributed by atoms with Crippen molar-refractivity contribution in [2.75, 3.05) is 19.7 Å². The highest BCUT2D eigenvalue weighted by molar-refractivity contribution is 5.84. The fourth-order valence-electron chi connectivity index (χ4n) is 5.51. The number of hydrogen-bond acceptors (Lipinski definition) is 3. The van der Waals surface area contributed by atoms with Crippen LogP contribution in [-0.4, -0.2) is 53.0 Å². The Bertz CT molecular complexity index is 1250. The standard InChI is InChI=1S/C28H31F2N3O3/c29-21-6-7-25-23(16-21)20(18-31-25)5-8-27(35)33-12-10-28(11-13-33)17-22(9-14-36-28)32-26(34)15-19-3-1-2-4-24(19)30/h1-4,6-7,16,18,22,31H,5,8-15,17H2,(H,32,34)/t22-/m1/s1. The molecule has 1 aromatic heterocycles. The van der Waals surface area contributed by atoms with E-state index >= 15 is 0 Å². The summed E-state index contributed by atoms with van der Waals surface area (Å²) in [5.41, 5.74) is 1.85. The molecule has 2 aliphatic rings. The first-order valence-electron chi connectivity index (χ1n) is 12.6. The molecule has 2 aliphatic heterocycles. The van der Waals surface area contributed by atoms with Crippen LogP contribution in [0.25, 0.3) is 10.9 Å². The Morgan fingerprint density at radius 1 is 1.11 bits per heavy atom.